The van der Waals surface area contributed by atoms with Crippen LogP contribution in [0.3, 0.4) is 0 Å². The summed E-state index contributed by atoms with van der Waals surface area (Å²) in [7, 11) is -2.31. The molecule has 0 unspecified atom stereocenters. The van der Waals surface area contributed by atoms with Gasteiger partial charge in [0, 0.05) is 29.7 Å². The molecule has 1 aliphatic carbocycles. The quantitative estimate of drug-likeness (QED) is 0.706. The number of methoxy groups -OCH3 is 1. The van der Waals surface area contributed by atoms with Crippen molar-refractivity contribution in [3.05, 3.63) is 66.1 Å². The van der Waals surface area contributed by atoms with Crippen molar-refractivity contribution < 1.29 is 18.3 Å². The second-order valence-corrected chi connectivity index (χ2v) is 8.35. The maximum Gasteiger partial charge on any atom is 0.269 e. The number of hydrogen-bond acceptors (Lipinski definition) is 5. The second kappa shape index (κ2) is 6.83. The summed E-state index contributed by atoms with van der Waals surface area (Å²) in [5.74, 6) is 0.835. The summed E-state index contributed by atoms with van der Waals surface area (Å²) < 4.78 is 33.5. The molecule has 27 heavy (non-hydrogen) atoms. The summed E-state index contributed by atoms with van der Waals surface area (Å²) in [5.41, 5.74) is 2.76. The molecular weight excluding hydrogens is 364 g/mol. The lowest BCUT2D eigenvalue weighted by atomic mass is 10.0. The van der Waals surface area contributed by atoms with Crippen LogP contribution in [-0.2, 0) is 16.6 Å². The van der Waals surface area contributed by atoms with Gasteiger partial charge in [0.05, 0.1) is 19.4 Å². The zero-order chi connectivity index (χ0) is 19.0. The van der Waals surface area contributed by atoms with Crippen LogP contribution in [0.15, 0.2) is 59.9 Å². The van der Waals surface area contributed by atoms with Crippen LogP contribution in [0.2, 0.25) is 0 Å². The summed E-state index contributed by atoms with van der Waals surface area (Å²) in [6.45, 7) is -0.219. The maximum atomic E-state index is 13.4. The van der Waals surface area contributed by atoms with Crippen LogP contribution in [0.5, 0.6) is 5.75 Å². The minimum Gasteiger partial charge on any atom is -0.496 e. The number of para-hydroxylation sites is 1. The summed E-state index contributed by atoms with van der Waals surface area (Å²) in [6, 6.07) is 10.4. The van der Waals surface area contributed by atoms with Gasteiger partial charge >= 0.3 is 0 Å². The first-order chi connectivity index (χ1) is 13.1. The topological polar surface area (TPSA) is 81.4 Å². The molecule has 7 heteroatoms. The number of rotatable bonds is 6. The van der Waals surface area contributed by atoms with Gasteiger partial charge in [0.15, 0.2) is 0 Å². The number of ether oxygens (including phenoxy) is 1. The average Bonchev–Trinajstić information content (AvgIpc) is 3.47. The molecule has 2 aromatic heterocycles. The summed E-state index contributed by atoms with van der Waals surface area (Å²) in [5, 5.41) is 9.89. The third-order valence-electron chi connectivity index (χ3n) is 4.80. The Morgan fingerprint density at radius 2 is 2.00 bits per heavy atom. The molecule has 0 saturated heterocycles. The zero-order valence-electron chi connectivity index (χ0n) is 14.9. The predicted octanol–water partition coefficient (Wildman–Crippen LogP) is 3.17. The number of nitrogens with zero attached hydrogens (tertiary/aromatic N) is 2. The highest BCUT2D eigenvalue weighted by Gasteiger charge is 2.35. The molecule has 0 atom stereocenters. The van der Waals surface area contributed by atoms with Crippen LogP contribution >= 0.6 is 0 Å². The molecule has 0 spiro atoms. The van der Waals surface area contributed by atoms with Crippen LogP contribution in [0.4, 0.5) is 0 Å². The molecule has 1 N–H and O–H groups in total. The Morgan fingerprint density at radius 1 is 1.22 bits per heavy atom. The summed E-state index contributed by atoms with van der Waals surface area (Å²) in [6.07, 6.45) is 6.34. The van der Waals surface area contributed by atoms with Crippen molar-refractivity contribution in [2.24, 2.45) is 0 Å². The zero-order valence-corrected chi connectivity index (χ0v) is 15.7. The van der Waals surface area contributed by atoms with Crippen molar-refractivity contribution in [3.8, 4) is 17.0 Å². The molecule has 1 aliphatic rings. The fourth-order valence-electron chi connectivity index (χ4n) is 3.41. The first kappa shape index (κ1) is 17.8. The molecule has 0 radical (unpaired) electrons. The van der Waals surface area contributed by atoms with E-state index in [1.165, 1.54) is 28.6 Å². The number of benzene rings is 1. The molecule has 3 aromatic rings. The third-order valence-corrected chi connectivity index (χ3v) is 6.45. The van der Waals surface area contributed by atoms with E-state index >= 15 is 0 Å². The summed E-state index contributed by atoms with van der Waals surface area (Å²) in [4.78, 5) is 4.04. The van der Waals surface area contributed by atoms with Crippen molar-refractivity contribution in [2.75, 3.05) is 7.11 Å². The number of aliphatic hydroxyl groups excluding tert-OH is 1. The van der Waals surface area contributed by atoms with E-state index in [-0.39, 0.29) is 17.4 Å². The molecule has 1 fully saturated rings. The van der Waals surface area contributed by atoms with Crippen molar-refractivity contribution in [3.63, 3.8) is 0 Å². The van der Waals surface area contributed by atoms with Gasteiger partial charge in [-0.05, 0) is 48.6 Å². The normalized spacial score (nSPS) is 14.3. The molecule has 4 rings (SSSR count). The Bertz CT molecular complexity index is 1070. The van der Waals surface area contributed by atoms with Crippen molar-refractivity contribution in [2.45, 2.75) is 30.3 Å². The first-order valence-electron chi connectivity index (χ1n) is 8.72. The van der Waals surface area contributed by atoms with Crippen molar-refractivity contribution >= 4 is 10.0 Å². The Kier molecular flexibility index (Phi) is 4.49. The van der Waals surface area contributed by atoms with Gasteiger partial charge in [-0.2, -0.15) is 0 Å². The van der Waals surface area contributed by atoms with Gasteiger partial charge < -0.3 is 9.84 Å². The van der Waals surface area contributed by atoms with E-state index in [0.29, 0.717) is 22.6 Å². The standard InChI is InChI=1S/C20H20N2O4S/c1-26-18-7-3-2-6-17(18)20-19(14-8-9-14)15(13-23)12-22(20)27(24,25)16-5-4-10-21-11-16/h2-7,10-12,14,23H,8-9,13H2,1H3. The Balaban J connectivity index is 2.03. The molecule has 0 bridgehead atoms. The van der Waals surface area contributed by atoms with Gasteiger partial charge in [0.2, 0.25) is 0 Å². The van der Waals surface area contributed by atoms with Gasteiger partial charge in [-0.1, -0.05) is 12.1 Å². The van der Waals surface area contributed by atoms with Crippen LogP contribution in [0.25, 0.3) is 11.3 Å². The fraction of sp³-hybridized carbons (Fsp3) is 0.250. The highest BCUT2D eigenvalue weighted by Crippen LogP contribution is 2.49. The first-order valence-corrected chi connectivity index (χ1v) is 10.2. The van der Waals surface area contributed by atoms with E-state index < -0.39 is 10.0 Å². The molecule has 1 saturated carbocycles. The highest BCUT2D eigenvalue weighted by molar-refractivity contribution is 7.90. The average molecular weight is 384 g/mol. The van der Waals surface area contributed by atoms with Crippen molar-refractivity contribution in [1.82, 2.24) is 8.96 Å². The largest absolute Gasteiger partial charge is 0.496 e. The summed E-state index contributed by atoms with van der Waals surface area (Å²) >= 11 is 0. The molecule has 1 aromatic carbocycles. The number of aliphatic hydroxyl groups is 1. The molecule has 2 heterocycles. The monoisotopic (exact) mass is 384 g/mol. The van der Waals surface area contributed by atoms with Gasteiger partial charge in [0.1, 0.15) is 10.6 Å². The van der Waals surface area contributed by atoms with E-state index in [1.807, 2.05) is 18.2 Å². The number of hydrogen-bond donors (Lipinski definition) is 1. The minimum absolute atomic E-state index is 0.1000. The van der Waals surface area contributed by atoms with Crippen LogP contribution in [-0.4, -0.2) is 29.6 Å². The minimum atomic E-state index is -3.87. The van der Waals surface area contributed by atoms with E-state index in [1.54, 1.807) is 19.2 Å². The van der Waals surface area contributed by atoms with E-state index in [4.69, 9.17) is 4.74 Å². The Morgan fingerprint density at radius 3 is 2.63 bits per heavy atom. The SMILES string of the molecule is COc1ccccc1-c1c(C2CC2)c(CO)cn1S(=O)(=O)c1cccnc1. The smallest absolute Gasteiger partial charge is 0.269 e. The number of aromatic nitrogens is 2. The molecular formula is C20H20N2O4S. The molecule has 6 nitrogen and oxygen atoms in total. The Hall–Kier alpha value is -2.64. The van der Waals surface area contributed by atoms with Gasteiger partial charge in [-0.3, -0.25) is 4.98 Å². The van der Waals surface area contributed by atoms with Gasteiger partial charge in [0.25, 0.3) is 10.0 Å². The van der Waals surface area contributed by atoms with Crippen LogP contribution < -0.4 is 4.74 Å². The lowest BCUT2D eigenvalue weighted by Crippen LogP contribution is -2.14. The lowest BCUT2D eigenvalue weighted by molar-refractivity contribution is 0.281. The maximum absolute atomic E-state index is 13.4. The second-order valence-electron chi connectivity index (χ2n) is 6.54. The van der Waals surface area contributed by atoms with Crippen LogP contribution in [0, 0.1) is 0 Å². The van der Waals surface area contributed by atoms with Gasteiger partial charge in [-0.15, -0.1) is 0 Å². The Labute approximate surface area is 158 Å². The predicted molar refractivity (Wildman–Crippen MR) is 101 cm³/mol. The van der Waals surface area contributed by atoms with Gasteiger partial charge in [-0.25, -0.2) is 12.4 Å². The molecule has 140 valence electrons. The van der Waals surface area contributed by atoms with E-state index in [0.717, 1.165) is 18.4 Å². The lowest BCUT2D eigenvalue weighted by Gasteiger charge is -2.15. The molecule has 0 aliphatic heterocycles. The number of pyridine rings is 1. The molecule has 0 amide bonds. The van der Waals surface area contributed by atoms with E-state index in [2.05, 4.69) is 4.98 Å². The fourth-order valence-corrected chi connectivity index (χ4v) is 4.78. The highest BCUT2D eigenvalue weighted by atomic mass is 32.2. The van der Waals surface area contributed by atoms with Crippen LogP contribution in [0.1, 0.15) is 29.9 Å². The van der Waals surface area contributed by atoms with E-state index in [9.17, 15) is 13.5 Å². The third kappa shape index (κ3) is 3.02. The van der Waals surface area contributed by atoms with Crippen molar-refractivity contribution in [1.29, 1.82) is 0 Å².